The predicted molar refractivity (Wildman–Crippen MR) is 80.3 cm³/mol. The van der Waals surface area contributed by atoms with Crippen molar-refractivity contribution in [2.75, 3.05) is 6.79 Å². The summed E-state index contributed by atoms with van der Waals surface area (Å²) in [6, 6.07) is 7.12. The van der Waals surface area contributed by atoms with Gasteiger partial charge in [0.05, 0.1) is 21.9 Å². The Labute approximate surface area is 139 Å². The molecule has 0 fully saturated rings. The summed E-state index contributed by atoms with van der Waals surface area (Å²) in [6.07, 6.45) is -2.33. The fourth-order valence-corrected chi connectivity index (χ4v) is 2.40. The van der Waals surface area contributed by atoms with Crippen LogP contribution in [0, 0.1) is 11.3 Å². The second-order valence-corrected chi connectivity index (χ2v) is 5.24. The fourth-order valence-electron chi connectivity index (χ4n) is 2.12. The number of fused-ring (bicyclic) bond motifs is 1. The number of nitrogens with zero attached hydrogens (tertiary/aromatic N) is 2. The van der Waals surface area contributed by atoms with Crippen molar-refractivity contribution >= 4 is 23.3 Å². The van der Waals surface area contributed by atoms with Gasteiger partial charge in [-0.1, -0.05) is 11.6 Å². The van der Waals surface area contributed by atoms with Gasteiger partial charge >= 0.3 is 6.18 Å². The lowest BCUT2D eigenvalue weighted by Gasteiger charge is -2.06. The Bertz CT molecular complexity index is 855. The van der Waals surface area contributed by atoms with Gasteiger partial charge in [-0.05, 0) is 35.9 Å². The molecular weight excluding hydrogens is 345 g/mol. The van der Waals surface area contributed by atoms with Gasteiger partial charge < -0.3 is 9.47 Å². The van der Waals surface area contributed by atoms with Crippen molar-refractivity contribution < 1.29 is 22.6 Å². The average Bonchev–Trinajstić information content (AvgIpc) is 3.01. The van der Waals surface area contributed by atoms with Crippen LogP contribution in [0.15, 0.2) is 30.5 Å². The van der Waals surface area contributed by atoms with Gasteiger partial charge in [-0.2, -0.15) is 18.4 Å². The summed E-state index contributed by atoms with van der Waals surface area (Å²) in [5, 5.41) is 9.58. The van der Waals surface area contributed by atoms with Gasteiger partial charge in [0.1, 0.15) is 6.07 Å². The van der Waals surface area contributed by atoms with Gasteiger partial charge in [-0.3, -0.25) is 4.98 Å². The van der Waals surface area contributed by atoms with Gasteiger partial charge in [-0.15, -0.1) is 0 Å². The van der Waals surface area contributed by atoms with Crippen LogP contribution in [0.4, 0.5) is 13.2 Å². The summed E-state index contributed by atoms with van der Waals surface area (Å²) in [5.74, 6) is 0.853. The molecule has 0 atom stereocenters. The number of allylic oxidation sites excluding steroid dienone is 1. The quantitative estimate of drug-likeness (QED) is 0.744. The van der Waals surface area contributed by atoms with E-state index < -0.39 is 11.7 Å². The van der Waals surface area contributed by atoms with Crippen LogP contribution in [-0.4, -0.2) is 11.8 Å². The minimum atomic E-state index is -4.48. The first-order valence-corrected chi connectivity index (χ1v) is 7.01. The fraction of sp³-hybridized carbons (Fsp3) is 0.125. The standard InChI is InChI=1S/C16H8ClF3N2O2/c17-12-4-9(5-14-15(12)24-8-23-14)3-10(6-21)13-2-1-11(7-22-13)16(18,19)20/h1-5,7H,8H2/b10-3+. The van der Waals surface area contributed by atoms with Crippen molar-refractivity contribution in [2.24, 2.45) is 0 Å². The molecule has 24 heavy (non-hydrogen) atoms. The first-order valence-electron chi connectivity index (χ1n) is 6.63. The number of benzene rings is 1. The molecule has 2 aromatic rings. The highest BCUT2D eigenvalue weighted by molar-refractivity contribution is 6.32. The lowest BCUT2D eigenvalue weighted by molar-refractivity contribution is -0.137. The second-order valence-electron chi connectivity index (χ2n) is 4.84. The van der Waals surface area contributed by atoms with E-state index in [0.717, 1.165) is 12.1 Å². The van der Waals surface area contributed by atoms with Gasteiger partial charge in [-0.25, -0.2) is 0 Å². The molecule has 4 nitrogen and oxygen atoms in total. The number of hydrogen-bond acceptors (Lipinski definition) is 4. The second kappa shape index (κ2) is 6.06. The molecule has 8 heteroatoms. The maximum absolute atomic E-state index is 12.6. The van der Waals surface area contributed by atoms with E-state index in [2.05, 4.69) is 4.98 Å². The summed E-state index contributed by atoms with van der Waals surface area (Å²) in [5.41, 5.74) is -0.116. The number of alkyl halides is 3. The Morgan fingerprint density at radius 1 is 1.29 bits per heavy atom. The zero-order chi connectivity index (χ0) is 17.3. The number of nitriles is 1. The molecule has 2 heterocycles. The van der Waals surface area contributed by atoms with E-state index in [0.29, 0.717) is 28.3 Å². The molecule has 1 aromatic heterocycles. The number of ether oxygens (including phenoxy) is 2. The molecule has 0 radical (unpaired) electrons. The Morgan fingerprint density at radius 3 is 2.71 bits per heavy atom. The van der Waals surface area contributed by atoms with E-state index >= 15 is 0 Å². The molecule has 0 aliphatic carbocycles. The van der Waals surface area contributed by atoms with Crippen molar-refractivity contribution in [1.82, 2.24) is 4.98 Å². The lowest BCUT2D eigenvalue weighted by atomic mass is 10.1. The minimum absolute atomic E-state index is 0.0494. The molecule has 122 valence electrons. The Kier molecular flexibility index (Phi) is 4.08. The average molecular weight is 353 g/mol. The third-order valence-electron chi connectivity index (χ3n) is 3.25. The predicted octanol–water partition coefficient (Wildman–Crippen LogP) is 4.55. The zero-order valence-electron chi connectivity index (χ0n) is 11.9. The highest BCUT2D eigenvalue weighted by Gasteiger charge is 2.30. The van der Waals surface area contributed by atoms with Crippen molar-refractivity contribution in [3.05, 3.63) is 52.3 Å². The molecule has 0 amide bonds. The van der Waals surface area contributed by atoms with Crippen LogP contribution in [0.25, 0.3) is 11.6 Å². The van der Waals surface area contributed by atoms with Crippen molar-refractivity contribution in [3.63, 3.8) is 0 Å². The molecule has 0 saturated heterocycles. The third kappa shape index (κ3) is 3.14. The van der Waals surface area contributed by atoms with Crippen LogP contribution in [-0.2, 0) is 6.18 Å². The summed E-state index contributed by atoms with van der Waals surface area (Å²) in [7, 11) is 0. The van der Waals surface area contributed by atoms with Crippen LogP contribution >= 0.6 is 11.6 Å². The molecule has 0 bridgehead atoms. The van der Waals surface area contributed by atoms with E-state index in [4.69, 9.17) is 21.1 Å². The monoisotopic (exact) mass is 352 g/mol. The highest BCUT2D eigenvalue weighted by atomic mass is 35.5. The van der Waals surface area contributed by atoms with Gasteiger partial charge in [0.25, 0.3) is 0 Å². The first kappa shape index (κ1) is 16.1. The number of hydrogen-bond donors (Lipinski definition) is 0. The molecule has 0 spiro atoms. The van der Waals surface area contributed by atoms with E-state index in [1.807, 2.05) is 6.07 Å². The number of rotatable bonds is 2. The van der Waals surface area contributed by atoms with E-state index in [-0.39, 0.29) is 18.1 Å². The largest absolute Gasteiger partial charge is 0.454 e. The highest BCUT2D eigenvalue weighted by Crippen LogP contribution is 2.40. The molecule has 0 unspecified atom stereocenters. The lowest BCUT2D eigenvalue weighted by Crippen LogP contribution is -2.05. The molecule has 0 saturated carbocycles. The summed E-state index contributed by atoms with van der Waals surface area (Å²) >= 11 is 6.06. The number of pyridine rings is 1. The van der Waals surface area contributed by atoms with Gasteiger partial charge in [0, 0.05) is 6.20 Å². The molecule has 1 aromatic carbocycles. The first-order chi connectivity index (χ1) is 11.4. The van der Waals surface area contributed by atoms with Crippen molar-refractivity contribution in [1.29, 1.82) is 5.26 Å². The SMILES string of the molecule is N#C/C(=C\c1cc(Cl)c2c(c1)OCO2)c1ccc(C(F)(F)F)cn1. The van der Waals surface area contributed by atoms with Crippen molar-refractivity contribution in [3.8, 4) is 17.6 Å². The van der Waals surface area contributed by atoms with E-state index in [1.165, 1.54) is 6.08 Å². The normalized spacial score (nSPS) is 13.7. The van der Waals surface area contributed by atoms with Crippen LogP contribution in [0.5, 0.6) is 11.5 Å². The molecular formula is C16H8ClF3N2O2. The van der Waals surface area contributed by atoms with Crippen LogP contribution < -0.4 is 9.47 Å². The topological polar surface area (TPSA) is 55.1 Å². The van der Waals surface area contributed by atoms with Crippen LogP contribution in [0.3, 0.4) is 0 Å². The summed E-state index contributed by atoms with van der Waals surface area (Å²) < 4.78 is 48.1. The molecule has 3 rings (SSSR count). The van der Waals surface area contributed by atoms with Crippen LogP contribution in [0.1, 0.15) is 16.8 Å². The zero-order valence-corrected chi connectivity index (χ0v) is 12.6. The Balaban J connectivity index is 1.96. The Hall–Kier alpha value is -2.72. The van der Waals surface area contributed by atoms with Crippen molar-refractivity contribution in [2.45, 2.75) is 6.18 Å². The maximum atomic E-state index is 12.6. The van der Waals surface area contributed by atoms with E-state index in [9.17, 15) is 18.4 Å². The summed E-state index contributed by atoms with van der Waals surface area (Å²) in [4.78, 5) is 3.71. The summed E-state index contributed by atoms with van der Waals surface area (Å²) in [6.45, 7) is 0.0494. The third-order valence-corrected chi connectivity index (χ3v) is 3.53. The smallest absolute Gasteiger partial charge is 0.417 e. The molecule has 1 aliphatic rings. The van der Waals surface area contributed by atoms with Gasteiger partial charge in [0.2, 0.25) is 6.79 Å². The number of aromatic nitrogens is 1. The number of halogens is 4. The maximum Gasteiger partial charge on any atom is 0.417 e. The minimum Gasteiger partial charge on any atom is -0.454 e. The molecule has 1 aliphatic heterocycles. The van der Waals surface area contributed by atoms with Crippen LogP contribution in [0.2, 0.25) is 5.02 Å². The molecule has 0 N–H and O–H groups in total. The van der Waals surface area contributed by atoms with Gasteiger partial charge in [0.15, 0.2) is 11.5 Å². The Morgan fingerprint density at radius 2 is 2.08 bits per heavy atom. The van der Waals surface area contributed by atoms with E-state index in [1.54, 1.807) is 12.1 Å².